The number of methoxy groups -OCH3 is 2. The monoisotopic (exact) mass is 633 g/mol. The van der Waals surface area contributed by atoms with Crippen LogP contribution in [0.4, 0.5) is 0 Å². The highest BCUT2D eigenvalue weighted by atomic mass is 32.2. The summed E-state index contributed by atoms with van der Waals surface area (Å²) in [6.45, 7) is 6.26. The number of aromatic hydroxyl groups is 1. The molecule has 0 spiro atoms. The highest BCUT2D eigenvalue weighted by Gasteiger charge is 2.26. The van der Waals surface area contributed by atoms with E-state index in [1.165, 1.54) is 14.2 Å². The van der Waals surface area contributed by atoms with Gasteiger partial charge in [-0.15, -0.1) is 0 Å². The van der Waals surface area contributed by atoms with Gasteiger partial charge in [0.1, 0.15) is 11.5 Å². The number of sulfonamides is 1. The minimum absolute atomic E-state index is 0.0509. The number of benzene rings is 3. The highest BCUT2D eigenvalue weighted by Crippen LogP contribution is 2.49. The van der Waals surface area contributed by atoms with Crippen molar-refractivity contribution in [3.05, 3.63) is 71.4 Å². The molecule has 0 bridgehead atoms. The van der Waals surface area contributed by atoms with Crippen molar-refractivity contribution in [1.29, 1.82) is 0 Å². The Balaban J connectivity index is 1.47. The number of phenolic OH excluding ortho intramolecular Hbond substituents is 1. The zero-order valence-electron chi connectivity index (χ0n) is 25.7. The number of carbonyl (C=O) groups is 1. The smallest absolute Gasteiger partial charge is 0.239 e. The fourth-order valence-corrected chi connectivity index (χ4v) is 6.65. The molecule has 45 heavy (non-hydrogen) atoms. The quantitative estimate of drug-likeness (QED) is 0.164. The van der Waals surface area contributed by atoms with Crippen molar-refractivity contribution < 1.29 is 37.3 Å². The number of aryl methyl sites for hydroxylation is 1. The Morgan fingerprint density at radius 1 is 0.978 bits per heavy atom. The second kappa shape index (κ2) is 12.9. The summed E-state index contributed by atoms with van der Waals surface area (Å²) in [6.07, 6.45) is 1.42. The van der Waals surface area contributed by atoms with Gasteiger partial charge in [-0.25, -0.2) is 8.42 Å². The summed E-state index contributed by atoms with van der Waals surface area (Å²) in [5, 5.41) is 13.2. The van der Waals surface area contributed by atoms with Crippen molar-refractivity contribution in [2.24, 2.45) is 0 Å². The lowest BCUT2D eigenvalue weighted by atomic mass is 9.98. The van der Waals surface area contributed by atoms with E-state index in [0.29, 0.717) is 80.4 Å². The van der Waals surface area contributed by atoms with Crippen molar-refractivity contribution in [3.8, 4) is 40.1 Å². The van der Waals surface area contributed by atoms with Crippen molar-refractivity contribution in [2.45, 2.75) is 32.9 Å². The standard InChI is InChI=1S/C33H35N3O8S/c1-6-43-32-22-10-9-15-34-29(22)28-27(31(32)38)30(35-33(28)44-7-2)21-14-13-20(16-19(21)3)18-45(39,40)36-26(37)17-23-24(41-4)11-8-12-25(23)42-5/h8-16,35,38H,6-7,17-18H2,1-5H3,(H,36,37). The van der Waals surface area contributed by atoms with E-state index >= 15 is 0 Å². The van der Waals surface area contributed by atoms with Gasteiger partial charge in [-0.1, -0.05) is 24.3 Å². The number of nitrogens with zero attached hydrogens (tertiary/aromatic N) is 1. The minimum Gasteiger partial charge on any atom is -0.504 e. The molecule has 12 heteroatoms. The minimum atomic E-state index is -4.04. The van der Waals surface area contributed by atoms with Gasteiger partial charge in [0.15, 0.2) is 11.5 Å². The van der Waals surface area contributed by atoms with E-state index in [2.05, 4.69) is 14.7 Å². The third-order valence-corrected chi connectivity index (χ3v) is 8.59. The first-order valence-corrected chi connectivity index (χ1v) is 16.0. The Morgan fingerprint density at radius 3 is 2.33 bits per heavy atom. The summed E-state index contributed by atoms with van der Waals surface area (Å²) in [5.41, 5.74) is 3.55. The molecule has 0 unspecified atom stereocenters. The summed E-state index contributed by atoms with van der Waals surface area (Å²) in [5.74, 6) is 0.413. The predicted octanol–water partition coefficient (Wildman–Crippen LogP) is 5.40. The third-order valence-electron chi connectivity index (χ3n) is 7.34. The molecule has 2 heterocycles. The van der Waals surface area contributed by atoms with Gasteiger partial charge in [0.05, 0.1) is 61.6 Å². The molecule has 0 fully saturated rings. The maximum atomic E-state index is 13.0. The van der Waals surface area contributed by atoms with Crippen molar-refractivity contribution >= 4 is 37.6 Å². The van der Waals surface area contributed by atoms with E-state index in [-0.39, 0.29) is 12.2 Å². The number of phenols is 1. The van der Waals surface area contributed by atoms with E-state index in [0.717, 1.165) is 5.56 Å². The van der Waals surface area contributed by atoms with E-state index in [1.807, 2.05) is 26.8 Å². The molecular weight excluding hydrogens is 598 g/mol. The van der Waals surface area contributed by atoms with E-state index in [1.54, 1.807) is 48.7 Å². The van der Waals surface area contributed by atoms with Gasteiger partial charge in [0.2, 0.25) is 21.8 Å². The lowest BCUT2D eigenvalue weighted by molar-refractivity contribution is -0.118. The van der Waals surface area contributed by atoms with Crippen LogP contribution in [0.5, 0.6) is 28.9 Å². The average molecular weight is 634 g/mol. The van der Waals surface area contributed by atoms with Crippen LogP contribution < -0.4 is 23.7 Å². The summed E-state index contributed by atoms with van der Waals surface area (Å²) >= 11 is 0. The lowest BCUT2D eigenvalue weighted by Gasteiger charge is -2.14. The van der Waals surface area contributed by atoms with Gasteiger partial charge in [-0.2, -0.15) is 0 Å². The topological polar surface area (TPSA) is 149 Å². The normalized spacial score (nSPS) is 11.5. The zero-order valence-corrected chi connectivity index (χ0v) is 26.5. The second-order valence-electron chi connectivity index (χ2n) is 10.3. The van der Waals surface area contributed by atoms with Crippen LogP contribution in [-0.4, -0.2) is 56.8 Å². The third kappa shape index (κ3) is 6.18. The van der Waals surface area contributed by atoms with Crippen molar-refractivity contribution in [2.75, 3.05) is 27.4 Å². The molecular formula is C33H35N3O8S. The van der Waals surface area contributed by atoms with Crippen molar-refractivity contribution in [3.63, 3.8) is 0 Å². The zero-order chi connectivity index (χ0) is 32.3. The number of pyridine rings is 1. The molecule has 236 valence electrons. The largest absolute Gasteiger partial charge is 0.504 e. The molecule has 0 atom stereocenters. The van der Waals surface area contributed by atoms with Crippen LogP contribution in [0.2, 0.25) is 0 Å². The molecule has 0 aliphatic rings. The van der Waals surface area contributed by atoms with Crippen molar-refractivity contribution in [1.82, 2.24) is 14.7 Å². The second-order valence-corrected chi connectivity index (χ2v) is 12.0. The van der Waals surface area contributed by atoms with Gasteiger partial charge < -0.3 is 29.0 Å². The van der Waals surface area contributed by atoms with Crippen LogP contribution in [-0.2, 0) is 27.0 Å². The van der Waals surface area contributed by atoms with Gasteiger partial charge in [0.25, 0.3) is 0 Å². The van der Waals surface area contributed by atoms with Gasteiger partial charge >= 0.3 is 0 Å². The Bertz CT molecular complexity index is 1980. The molecule has 0 aliphatic heterocycles. The number of nitrogens with one attached hydrogen (secondary N) is 2. The molecule has 5 rings (SSSR count). The molecule has 0 aliphatic carbocycles. The van der Waals surface area contributed by atoms with Gasteiger partial charge in [-0.3, -0.25) is 14.5 Å². The summed E-state index contributed by atoms with van der Waals surface area (Å²) in [6, 6.07) is 13.8. The average Bonchev–Trinajstić information content (AvgIpc) is 3.38. The first-order valence-electron chi connectivity index (χ1n) is 14.4. The van der Waals surface area contributed by atoms with Gasteiger partial charge in [0, 0.05) is 22.7 Å². The number of hydrogen-bond acceptors (Lipinski definition) is 9. The summed E-state index contributed by atoms with van der Waals surface area (Å²) in [7, 11) is -1.12. The van der Waals surface area contributed by atoms with E-state index in [4.69, 9.17) is 18.9 Å². The number of rotatable bonds is 12. The Hall–Kier alpha value is -4.97. The molecule has 0 saturated heterocycles. The summed E-state index contributed by atoms with van der Waals surface area (Å²) in [4.78, 5) is 20.7. The van der Waals surface area contributed by atoms with Crippen LogP contribution in [0, 0.1) is 6.92 Å². The first kappa shape index (κ1) is 31.5. The number of aromatic nitrogens is 2. The number of hydrogen-bond donors (Lipinski definition) is 3. The number of ether oxygens (including phenoxy) is 4. The molecule has 3 aromatic carbocycles. The van der Waals surface area contributed by atoms with E-state index in [9.17, 15) is 18.3 Å². The molecule has 1 amide bonds. The molecule has 3 N–H and O–H groups in total. The first-order chi connectivity index (χ1) is 21.6. The van der Waals surface area contributed by atoms with Gasteiger partial charge in [-0.05, 0) is 56.2 Å². The molecule has 0 saturated carbocycles. The summed E-state index contributed by atoms with van der Waals surface area (Å²) < 4.78 is 50.6. The van der Waals surface area contributed by atoms with Crippen LogP contribution in [0.3, 0.4) is 0 Å². The maximum Gasteiger partial charge on any atom is 0.239 e. The van der Waals surface area contributed by atoms with Crippen LogP contribution >= 0.6 is 0 Å². The number of carbonyl (C=O) groups excluding carboxylic acids is 1. The van der Waals surface area contributed by atoms with Crippen LogP contribution in [0.25, 0.3) is 32.9 Å². The molecule has 0 radical (unpaired) electrons. The van der Waals surface area contributed by atoms with Crippen LogP contribution in [0.15, 0.2) is 54.7 Å². The molecule has 5 aromatic rings. The fraction of sp³-hybridized carbons (Fsp3) is 0.273. The number of fused-ring (bicyclic) bond motifs is 3. The molecule has 2 aromatic heterocycles. The number of H-pyrrole nitrogens is 1. The highest BCUT2D eigenvalue weighted by molar-refractivity contribution is 7.89. The fourth-order valence-electron chi connectivity index (χ4n) is 5.54. The number of amides is 1. The number of aromatic amines is 1. The Labute approximate surface area is 261 Å². The maximum absolute atomic E-state index is 13.0. The Morgan fingerprint density at radius 2 is 1.69 bits per heavy atom. The Kier molecular flexibility index (Phi) is 9.05. The predicted molar refractivity (Wildman–Crippen MR) is 172 cm³/mol. The lowest BCUT2D eigenvalue weighted by Crippen LogP contribution is -2.33. The molecule has 11 nitrogen and oxygen atoms in total. The van der Waals surface area contributed by atoms with E-state index < -0.39 is 21.7 Å². The van der Waals surface area contributed by atoms with Crippen LogP contribution in [0.1, 0.15) is 30.5 Å². The SMILES string of the molecule is CCOc1c(O)c2c(-c3ccc(CS(=O)(=O)NC(=O)Cc4c(OC)cccc4OC)cc3C)[nH]c(OCC)c2c2ncccc12.